The van der Waals surface area contributed by atoms with E-state index >= 15 is 0 Å². The van der Waals surface area contributed by atoms with Crippen LogP contribution in [0.4, 0.5) is 0 Å². The lowest BCUT2D eigenvalue weighted by Crippen LogP contribution is -2.37. The molecule has 3 rings (SSSR count). The number of nitrogens with one attached hydrogen (secondary N) is 1. The van der Waals surface area contributed by atoms with Crippen molar-refractivity contribution in [3.05, 3.63) is 51.1 Å². The number of hydrogen-bond acceptors (Lipinski definition) is 7. The molecular weight excluding hydrogens is 370 g/mol. The molecule has 0 aliphatic carbocycles. The Kier molecular flexibility index (Phi) is 5.41. The number of nitrogens with zero attached hydrogens (tertiary/aromatic N) is 2. The van der Waals surface area contributed by atoms with Crippen LogP contribution < -0.4 is 10.9 Å². The van der Waals surface area contributed by atoms with E-state index in [1.807, 2.05) is 13.8 Å². The molecular formula is C18H19N3O5S. The van der Waals surface area contributed by atoms with Gasteiger partial charge in [-0.3, -0.25) is 14.4 Å². The van der Waals surface area contributed by atoms with Crippen LogP contribution >= 0.6 is 11.3 Å². The van der Waals surface area contributed by atoms with Crippen molar-refractivity contribution in [2.45, 2.75) is 40.0 Å². The maximum Gasteiger partial charge on any atom is 0.328 e. The molecule has 0 radical (unpaired) electrons. The second-order valence-electron chi connectivity index (χ2n) is 6.06. The molecule has 0 fully saturated rings. The van der Waals surface area contributed by atoms with E-state index in [-0.39, 0.29) is 18.6 Å². The van der Waals surface area contributed by atoms with Crippen LogP contribution in [0.3, 0.4) is 0 Å². The number of hydrogen-bond donors (Lipinski definition) is 1. The maximum atomic E-state index is 12.6. The summed E-state index contributed by atoms with van der Waals surface area (Å²) >= 11 is 1.49. The molecule has 3 aromatic rings. The summed E-state index contributed by atoms with van der Waals surface area (Å²) in [5.74, 6) is -0.582. The minimum absolute atomic E-state index is 0.197. The Labute approximate surface area is 158 Å². The standard InChI is InChI=1S/C18H19N3O5S/c1-10-12(3)27-14-8-20-21(18(24)16(10)14)9-15(22)26-11(2)17(23)19-7-13-5-4-6-25-13/h4-6,8,11H,7,9H2,1-3H3,(H,19,23). The molecule has 0 aliphatic rings. The van der Waals surface area contributed by atoms with Gasteiger partial charge < -0.3 is 14.5 Å². The van der Waals surface area contributed by atoms with E-state index < -0.39 is 18.0 Å². The molecule has 8 nitrogen and oxygen atoms in total. The normalized spacial score (nSPS) is 12.1. The first-order valence-corrected chi connectivity index (χ1v) is 9.14. The van der Waals surface area contributed by atoms with Gasteiger partial charge in [-0.2, -0.15) is 5.10 Å². The fourth-order valence-electron chi connectivity index (χ4n) is 2.57. The minimum atomic E-state index is -1.00. The van der Waals surface area contributed by atoms with Crippen molar-refractivity contribution in [1.29, 1.82) is 0 Å². The molecule has 3 aromatic heterocycles. The molecule has 0 bridgehead atoms. The second-order valence-corrected chi connectivity index (χ2v) is 7.32. The molecule has 0 aromatic carbocycles. The predicted molar refractivity (Wildman–Crippen MR) is 99.5 cm³/mol. The average Bonchev–Trinajstić information content (AvgIpc) is 3.24. The fourth-order valence-corrected chi connectivity index (χ4v) is 3.59. The lowest BCUT2D eigenvalue weighted by Gasteiger charge is -2.13. The number of aryl methyl sites for hydroxylation is 2. The smallest absolute Gasteiger partial charge is 0.328 e. The fraction of sp³-hybridized carbons (Fsp3) is 0.333. The number of fused-ring (bicyclic) bond motifs is 1. The summed E-state index contributed by atoms with van der Waals surface area (Å²) in [7, 11) is 0. The summed E-state index contributed by atoms with van der Waals surface area (Å²) in [5, 5.41) is 7.19. The van der Waals surface area contributed by atoms with Crippen LogP contribution in [0.25, 0.3) is 10.1 Å². The number of carbonyl (C=O) groups excluding carboxylic acids is 2. The van der Waals surface area contributed by atoms with Crippen molar-refractivity contribution in [3.8, 4) is 0 Å². The van der Waals surface area contributed by atoms with Gasteiger partial charge in [0.15, 0.2) is 6.10 Å². The van der Waals surface area contributed by atoms with Gasteiger partial charge in [-0.05, 0) is 38.5 Å². The summed E-state index contributed by atoms with van der Waals surface area (Å²) in [4.78, 5) is 37.7. The van der Waals surface area contributed by atoms with Crippen molar-refractivity contribution >= 4 is 33.3 Å². The number of furan rings is 1. The topological polar surface area (TPSA) is 103 Å². The molecule has 1 atom stereocenters. The van der Waals surface area contributed by atoms with Crippen LogP contribution in [-0.4, -0.2) is 27.8 Å². The zero-order valence-electron chi connectivity index (χ0n) is 15.1. The van der Waals surface area contributed by atoms with Gasteiger partial charge in [-0.15, -0.1) is 11.3 Å². The molecule has 142 valence electrons. The van der Waals surface area contributed by atoms with Gasteiger partial charge in [0.25, 0.3) is 11.5 Å². The van der Waals surface area contributed by atoms with Crippen LogP contribution in [0.1, 0.15) is 23.1 Å². The van der Waals surface area contributed by atoms with Gasteiger partial charge >= 0.3 is 5.97 Å². The van der Waals surface area contributed by atoms with E-state index in [4.69, 9.17) is 9.15 Å². The van der Waals surface area contributed by atoms with Crippen LogP contribution in [0, 0.1) is 13.8 Å². The van der Waals surface area contributed by atoms with Gasteiger partial charge in [0.1, 0.15) is 12.3 Å². The van der Waals surface area contributed by atoms with Gasteiger partial charge in [0.2, 0.25) is 0 Å². The first-order valence-electron chi connectivity index (χ1n) is 8.32. The zero-order valence-corrected chi connectivity index (χ0v) is 16.0. The Morgan fingerprint density at radius 1 is 1.41 bits per heavy atom. The molecule has 0 saturated heterocycles. The molecule has 1 N–H and O–H groups in total. The zero-order chi connectivity index (χ0) is 19.6. The van der Waals surface area contributed by atoms with E-state index in [0.29, 0.717) is 11.1 Å². The van der Waals surface area contributed by atoms with Crippen LogP contribution in [0.15, 0.2) is 33.8 Å². The van der Waals surface area contributed by atoms with Crippen LogP contribution in [-0.2, 0) is 27.4 Å². The largest absolute Gasteiger partial charge is 0.467 e. The van der Waals surface area contributed by atoms with Crippen LogP contribution in [0.5, 0.6) is 0 Å². The molecule has 3 heterocycles. The molecule has 0 saturated carbocycles. The summed E-state index contributed by atoms with van der Waals surface area (Å²) < 4.78 is 12.1. The van der Waals surface area contributed by atoms with Gasteiger partial charge in [-0.25, -0.2) is 4.68 Å². The summed E-state index contributed by atoms with van der Waals surface area (Å²) in [5.41, 5.74) is 0.538. The number of aromatic nitrogens is 2. The number of rotatable bonds is 6. The highest BCUT2D eigenvalue weighted by Gasteiger charge is 2.20. The van der Waals surface area contributed by atoms with Gasteiger partial charge in [-0.1, -0.05) is 0 Å². The predicted octanol–water partition coefficient (Wildman–Crippen LogP) is 1.92. The van der Waals surface area contributed by atoms with E-state index in [0.717, 1.165) is 19.8 Å². The summed E-state index contributed by atoms with van der Waals surface area (Å²) in [6.07, 6.45) is 2.06. The van der Waals surface area contributed by atoms with Crippen LogP contribution in [0.2, 0.25) is 0 Å². The first kappa shape index (κ1) is 18.8. The Morgan fingerprint density at radius 2 is 2.19 bits per heavy atom. The third kappa shape index (κ3) is 4.08. The van der Waals surface area contributed by atoms with Crippen molar-refractivity contribution in [2.75, 3.05) is 0 Å². The number of amides is 1. The molecule has 9 heteroatoms. The monoisotopic (exact) mass is 389 g/mol. The Morgan fingerprint density at radius 3 is 2.89 bits per heavy atom. The Hall–Kier alpha value is -2.94. The minimum Gasteiger partial charge on any atom is -0.467 e. The SMILES string of the molecule is Cc1sc2cnn(CC(=O)OC(C)C(=O)NCc3ccco3)c(=O)c2c1C. The quantitative estimate of drug-likeness (QED) is 0.646. The van der Waals surface area contributed by atoms with E-state index in [1.54, 1.807) is 18.3 Å². The average molecular weight is 389 g/mol. The third-order valence-electron chi connectivity index (χ3n) is 4.15. The molecule has 1 unspecified atom stereocenters. The van der Waals surface area contributed by atoms with Crippen molar-refractivity contribution in [3.63, 3.8) is 0 Å². The number of carbonyl (C=O) groups is 2. The maximum absolute atomic E-state index is 12.6. The number of thiophene rings is 1. The first-order chi connectivity index (χ1) is 12.9. The molecule has 1 amide bonds. The Bertz CT molecular complexity index is 1040. The number of esters is 1. The lowest BCUT2D eigenvalue weighted by molar-refractivity contribution is -0.155. The highest BCUT2D eigenvalue weighted by atomic mass is 32.1. The highest BCUT2D eigenvalue weighted by molar-refractivity contribution is 7.19. The molecule has 0 spiro atoms. The summed E-state index contributed by atoms with van der Waals surface area (Å²) in [6.45, 7) is 5.09. The molecule has 0 aliphatic heterocycles. The Balaban J connectivity index is 1.62. The van der Waals surface area contributed by atoms with Crippen molar-refractivity contribution < 1.29 is 18.7 Å². The van der Waals surface area contributed by atoms with Gasteiger partial charge in [0.05, 0.1) is 29.1 Å². The second kappa shape index (κ2) is 7.75. The van der Waals surface area contributed by atoms with E-state index in [2.05, 4.69) is 10.4 Å². The molecule has 27 heavy (non-hydrogen) atoms. The van der Waals surface area contributed by atoms with E-state index in [1.165, 1.54) is 24.5 Å². The van der Waals surface area contributed by atoms with Gasteiger partial charge in [0, 0.05) is 4.88 Å². The van der Waals surface area contributed by atoms with Crippen molar-refractivity contribution in [1.82, 2.24) is 15.1 Å². The third-order valence-corrected chi connectivity index (χ3v) is 5.29. The highest BCUT2D eigenvalue weighted by Crippen LogP contribution is 2.26. The summed E-state index contributed by atoms with van der Waals surface area (Å²) in [6, 6.07) is 3.43. The number of ether oxygens (including phenoxy) is 1. The lowest BCUT2D eigenvalue weighted by atomic mass is 10.2. The van der Waals surface area contributed by atoms with E-state index in [9.17, 15) is 14.4 Å². The van der Waals surface area contributed by atoms with Crippen molar-refractivity contribution in [2.24, 2.45) is 0 Å².